The molecular formula is C26H32N4O5. The van der Waals surface area contributed by atoms with Crippen LogP contribution in [0.15, 0.2) is 38.7 Å². The van der Waals surface area contributed by atoms with E-state index in [9.17, 15) is 19.2 Å². The van der Waals surface area contributed by atoms with Gasteiger partial charge in [0.25, 0.3) is 11.8 Å². The second-order valence-corrected chi connectivity index (χ2v) is 9.35. The fourth-order valence-corrected chi connectivity index (χ4v) is 4.85. The predicted molar refractivity (Wildman–Crippen MR) is 132 cm³/mol. The zero-order valence-electron chi connectivity index (χ0n) is 20.6. The summed E-state index contributed by atoms with van der Waals surface area (Å²) in [6.07, 6.45) is 4.55. The minimum atomic E-state index is -0.551. The summed E-state index contributed by atoms with van der Waals surface area (Å²) in [5.74, 6) is -0.459. The van der Waals surface area contributed by atoms with Gasteiger partial charge in [0.15, 0.2) is 0 Å². The Morgan fingerprint density at radius 2 is 1.66 bits per heavy atom. The molecule has 2 aliphatic heterocycles. The van der Waals surface area contributed by atoms with Crippen molar-refractivity contribution in [3.8, 4) is 0 Å². The largest absolute Gasteiger partial charge is 0.366 e. The number of benzene rings is 1. The van der Waals surface area contributed by atoms with E-state index < -0.39 is 5.63 Å². The second kappa shape index (κ2) is 10.5. The summed E-state index contributed by atoms with van der Waals surface area (Å²) in [6.45, 7) is 9.51. The van der Waals surface area contributed by atoms with Crippen molar-refractivity contribution in [1.29, 1.82) is 0 Å². The van der Waals surface area contributed by atoms with Gasteiger partial charge in [-0.15, -0.1) is 0 Å². The number of carbonyl (C=O) groups excluding carboxylic acids is 3. The first-order valence-electron chi connectivity index (χ1n) is 12.2. The van der Waals surface area contributed by atoms with E-state index in [2.05, 4.69) is 10.1 Å². The van der Waals surface area contributed by atoms with Gasteiger partial charge in [-0.25, -0.2) is 9.69 Å². The molecule has 35 heavy (non-hydrogen) atoms. The van der Waals surface area contributed by atoms with Crippen LogP contribution in [0.2, 0.25) is 0 Å². The number of rotatable bonds is 8. The Labute approximate surface area is 204 Å². The van der Waals surface area contributed by atoms with E-state index >= 15 is 0 Å². The Morgan fingerprint density at radius 1 is 0.943 bits per heavy atom. The fourth-order valence-electron chi connectivity index (χ4n) is 4.85. The highest BCUT2D eigenvalue weighted by Crippen LogP contribution is 2.31. The topological polar surface area (TPSA) is 104 Å². The fraction of sp³-hybridized carbons (Fsp3) is 0.500. The van der Waals surface area contributed by atoms with Gasteiger partial charge in [-0.3, -0.25) is 19.3 Å². The Bertz CT molecular complexity index is 1240. The number of piperazine rings is 1. The Hall–Kier alpha value is -3.33. The van der Waals surface area contributed by atoms with Crippen LogP contribution >= 0.6 is 0 Å². The number of hydrogen-bond donors (Lipinski definition) is 0. The van der Waals surface area contributed by atoms with Gasteiger partial charge in [0.1, 0.15) is 0 Å². The molecule has 186 valence electrons. The van der Waals surface area contributed by atoms with Crippen molar-refractivity contribution < 1.29 is 18.9 Å². The predicted octanol–water partition coefficient (Wildman–Crippen LogP) is 2.80. The molecule has 3 heterocycles. The van der Waals surface area contributed by atoms with E-state index in [1.807, 2.05) is 4.90 Å². The van der Waals surface area contributed by atoms with Crippen molar-refractivity contribution in [3.05, 3.63) is 45.5 Å². The standard InChI is InChI=1S/C26H32N4O5/c1-17-21(8-6-4-5-7-11-28-12-14-29(15-13-28)19(3)31)25(33)30(24(17)32)20-9-10-22-23(16-20)18(2)27-35-26(22)34/h9-10,16H,4-8,11-15H2,1-3H3. The first-order valence-corrected chi connectivity index (χ1v) is 12.2. The van der Waals surface area contributed by atoms with E-state index in [0.29, 0.717) is 39.7 Å². The molecule has 0 atom stereocenters. The highest BCUT2D eigenvalue weighted by molar-refractivity contribution is 6.32. The zero-order chi connectivity index (χ0) is 25.1. The van der Waals surface area contributed by atoms with E-state index in [-0.39, 0.29) is 17.7 Å². The first kappa shape index (κ1) is 24.8. The summed E-state index contributed by atoms with van der Waals surface area (Å²) < 4.78 is 4.75. The number of imide groups is 1. The number of anilines is 1. The maximum Gasteiger partial charge on any atom is 0.366 e. The number of aryl methyl sites for hydroxylation is 1. The highest BCUT2D eigenvalue weighted by atomic mass is 16.5. The molecule has 1 saturated heterocycles. The number of carbonyl (C=O) groups is 3. The van der Waals surface area contributed by atoms with Gasteiger partial charge in [0.2, 0.25) is 5.91 Å². The third-order valence-corrected chi connectivity index (χ3v) is 7.04. The first-order chi connectivity index (χ1) is 16.8. The average molecular weight is 481 g/mol. The van der Waals surface area contributed by atoms with Gasteiger partial charge in [-0.05, 0) is 57.9 Å². The molecule has 2 aliphatic rings. The molecule has 2 aromatic rings. The lowest BCUT2D eigenvalue weighted by atomic mass is 10.0. The molecule has 0 spiro atoms. The molecule has 0 N–H and O–H groups in total. The average Bonchev–Trinajstić information content (AvgIpc) is 3.06. The molecule has 0 radical (unpaired) electrons. The van der Waals surface area contributed by atoms with E-state index in [4.69, 9.17) is 4.52 Å². The summed E-state index contributed by atoms with van der Waals surface area (Å²) >= 11 is 0. The Balaban J connectivity index is 1.28. The third kappa shape index (κ3) is 5.19. The molecule has 1 fully saturated rings. The highest BCUT2D eigenvalue weighted by Gasteiger charge is 2.36. The number of fused-ring (bicyclic) bond motifs is 1. The smallest absolute Gasteiger partial charge is 0.340 e. The number of hydrogen-bond acceptors (Lipinski definition) is 7. The summed E-state index contributed by atoms with van der Waals surface area (Å²) in [6, 6.07) is 4.82. The lowest BCUT2D eigenvalue weighted by molar-refractivity contribution is -0.130. The van der Waals surface area contributed by atoms with Crippen LogP contribution in [-0.2, 0) is 14.4 Å². The van der Waals surface area contributed by atoms with Crippen LogP contribution < -0.4 is 10.5 Å². The summed E-state index contributed by atoms with van der Waals surface area (Å²) in [4.78, 5) is 54.9. The number of aromatic nitrogens is 1. The minimum absolute atomic E-state index is 0.146. The van der Waals surface area contributed by atoms with Gasteiger partial charge in [-0.1, -0.05) is 18.0 Å². The molecule has 9 nitrogen and oxygen atoms in total. The van der Waals surface area contributed by atoms with E-state index in [1.54, 1.807) is 39.0 Å². The second-order valence-electron chi connectivity index (χ2n) is 9.35. The molecule has 4 rings (SSSR count). The molecule has 1 aromatic carbocycles. The van der Waals surface area contributed by atoms with Gasteiger partial charge in [0, 0.05) is 49.6 Å². The van der Waals surface area contributed by atoms with Crippen LogP contribution in [0.25, 0.3) is 10.8 Å². The van der Waals surface area contributed by atoms with Gasteiger partial charge < -0.3 is 9.42 Å². The maximum atomic E-state index is 13.1. The maximum absolute atomic E-state index is 13.1. The Morgan fingerprint density at radius 3 is 2.37 bits per heavy atom. The molecule has 0 saturated carbocycles. The Kier molecular flexibility index (Phi) is 7.45. The molecule has 3 amide bonds. The van der Waals surface area contributed by atoms with Gasteiger partial charge in [-0.2, -0.15) is 0 Å². The SMILES string of the molecule is CC(=O)N1CCN(CCCCCCC2=C(C)C(=O)N(c3ccc4c(=O)onc(C)c4c3)C2=O)CC1. The summed E-state index contributed by atoms with van der Waals surface area (Å²) in [7, 11) is 0. The van der Waals surface area contributed by atoms with E-state index in [1.165, 1.54) is 4.90 Å². The number of amides is 3. The van der Waals surface area contributed by atoms with E-state index in [0.717, 1.165) is 58.4 Å². The molecule has 1 aromatic heterocycles. The molecule has 0 unspecified atom stereocenters. The van der Waals surface area contributed by atoms with Crippen molar-refractivity contribution in [3.63, 3.8) is 0 Å². The van der Waals surface area contributed by atoms with Gasteiger partial charge >= 0.3 is 5.63 Å². The van der Waals surface area contributed by atoms with Crippen LogP contribution in [0.1, 0.15) is 51.6 Å². The van der Waals surface area contributed by atoms with Crippen molar-refractivity contribution in [2.45, 2.75) is 52.9 Å². The normalized spacial score (nSPS) is 17.2. The lowest BCUT2D eigenvalue weighted by Gasteiger charge is -2.34. The third-order valence-electron chi connectivity index (χ3n) is 7.04. The molecule has 0 aliphatic carbocycles. The summed E-state index contributed by atoms with van der Waals surface area (Å²) in [5, 5.41) is 4.67. The lowest BCUT2D eigenvalue weighted by Crippen LogP contribution is -2.48. The van der Waals surface area contributed by atoms with Crippen LogP contribution in [0.4, 0.5) is 5.69 Å². The molecular weight excluding hydrogens is 448 g/mol. The molecule has 9 heteroatoms. The van der Waals surface area contributed by atoms with Crippen molar-refractivity contribution in [2.24, 2.45) is 0 Å². The minimum Gasteiger partial charge on any atom is -0.340 e. The van der Waals surface area contributed by atoms with Crippen molar-refractivity contribution >= 4 is 34.2 Å². The van der Waals surface area contributed by atoms with Crippen LogP contribution in [0.5, 0.6) is 0 Å². The van der Waals surface area contributed by atoms with Gasteiger partial charge in [0.05, 0.1) is 16.8 Å². The van der Waals surface area contributed by atoms with Crippen LogP contribution in [-0.4, -0.2) is 65.4 Å². The van der Waals surface area contributed by atoms with Crippen LogP contribution in [0, 0.1) is 6.92 Å². The zero-order valence-corrected chi connectivity index (χ0v) is 20.6. The number of nitrogens with zero attached hydrogens (tertiary/aromatic N) is 4. The monoisotopic (exact) mass is 480 g/mol. The molecule has 0 bridgehead atoms. The van der Waals surface area contributed by atoms with Crippen molar-refractivity contribution in [1.82, 2.24) is 15.0 Å². The van der Waals surface area contributed by atoms with Crippen molar-refractivity contribution in [2.75, 3.05) is 37.6 Å². The van der Waals surface area contributed by atoms with Crippen LogP contribution in [0.3, 0.4) is 0 Å². The number of unbranched alkanes of at least 4 members (excludes halogenated alkanes) is 3. The quantitative estimate of drug-likeness (QED) is 0.423. The summed E-state index contributed by atoms with van der Waals surface area (Å²) in [5.41, 5.74) is 1.46.